The van der Waals surface area contributed by atoms with Crippen LogP contribution < -0.4 is 10.1 Å². The molecule has 0 unspecified atom stereocenters. The number of aryl methyl sites for hydroxylation is 1. The van der Waals surface area contributed by atoms with Gasteiger partial charge in [-0.15, -0.1) is 0 Å². The average molecular weight is 324 g/mol. The fourth-order valence-electron chi connectivity index (χ4n) is 1.66. The van der Waals surface area contributed by atoms with Crippen LogP contribution in [-0.2, 0) is 0 Å². The first kappa shape index (κ1) is 13.9. The highest BCUT2D eigenvalue weighted by Gasteiger charge is 2.01. The predicted molar refractivity (Wildman–Crippen MR) is 79.3 cm³/mol. The molecule has 0 spiro atoms. The lowest BCUT2D eigenvalue weighted by atomic mass is 10.2. The molecule has 2 nitrogen and oxygen atoms in total. The molecule has 0 heterocycles. The fraction of sp³-hybridized carbons (Fsp3) is 0.200. The molecule has 19 heavy (non-hydrogen) atoms. The van der Waals surface area contributed by atoms with E-state index in [0.717, 1.165) is 15.8 Å². The zero-order valence-corrected chi connectivity index (χ0v) is 12.2. The summed E-state index contributed by atoms with van der Waals surface area (Å²) in [6.45, 7) is 2.97. The van der Waals surface area contributed by atoms with Crippen molar-refractivity contribution in [2.75, 3.05) is 18.5 Å². The number of ether oxygens (including phenoxy) is 1. The normalized spacial score (nSPS) is 10.3. The molecule has 0 fully saturated rings. The summed E-state index contributed by atoms with van der Waals surface area (Å²) >= 11 is 3.36. The Morgan fingerprint density at radius 2 is 1.89 bits per heavy atom. The van der Waals surface area contributed by atoms with E-state index in [1.54, 1.807) is 12.1 Å². The highest BCUT2D eigenvalue weighted by atomic mass is 79.9. The van der Waals surface area contributed by atoms with Gasteiger partial charge < -0.3 is 10.1 Å². The van der Waals surface area contributed by atoms with Crippen molar-refractivity contribution in [3.8, 4) is 5.75 Å². The van der Waals surface area contributed by atoms with Gasteiger partial charge in [-0.05, 0) is 48.9 Å². The summed E-state index contributed by atoms with van der Waals surface area (Å²) in [7, 11) is 0. The molecule has 0 saturated heterocycles. The molecule has 0 aliphatic rings. The monoisotopic (exact) mass is 323 g/mol. The van der Waals surface area contributed by atoms with Crippen LogP contribution in [0.5, 0.6) is 5.75 Å². The minimum atomic E-state index is -0.241. The van der Waals surface area contributed by atoms with Gasteiger partial charge in [0.1, 0.15) is 18.2 Å². The SMILES string of the molecule is Cc1ccc(F)c(NCCOc2ccc(Br)cc2)c1. The molecule has 4 heteroatoms. The number of hydrogen-bond donors (Lipinski definition) is 1. The summed E-state index contributed by atoms with van der Waals surface area (Å²) in [5, 5.41) is 3.03. The standard InChI is InChI=1S/C15H15BrFNO/c1-11-2-7-14(17)15(10-11)18-8-9-19-13-5-3-12(16)4-6-13/h2-7,10,18H,8-9H2,1H3. The summed E-state index contributed by atoms with van der Waals surface area (Å²) in [5.41, 5.74) is 1.54. The van der Waals surface area contributed by atoms with Crippen LogP contribution in [0.4, 0.5) is 10.1 Å². The van der Waals surface area contributed by atoms with Crippen LogP contribution in [-0.4, -0.2) is 13.2 Å². The third-order valence-corrected chi connectivity index (χ3v) is 3.15. The Morgan fingerprint density at radius 3 is 2.63 bits per heavy atom. The summed E-state index contributed by atoms with van der Waals surface area (Å²) in [5.74, 6) is 0.559. The first-order valence-corrected chi connectivity index (χ1v) is 6.83. The van der Waals surface area contributed by atoms with Crippen molar-refractivity contribution in [1.82, 2.24) is 0 Å². The van der Waals surface area contributed by atoms with Gasteiger partial charge in [0.05, 0.1) is 5.69 Å². The third kappa shape index (κ3) is 4.24. The lowest BCUT2D eigenvalue weighted by Gasteiger charge is -2.10. The van der Waals surface area contributed by atoms with Gasteiger partial charge >= 0.3 is 0 Å². The molecular formula is C15H15BrFNO. The first-order chi connectivity index (χ1) is 9.15. The number of hydrogen-bond acceptors (Lipinski definition) is 2. The topological polar surface area (TPSA) is 21.3 Å². The summed E-state index contributed by atoms with van der Waals surface area (Å²) in [6.07, 6.45) is 0. The Kier molecular flexibility index (Phi) is 4.80. The highest BCUT2D eigenvalue weighted by molar-refractivity contribution is 9.10. The average Bonchev–Trinajstić information content (AvgIpc) is 2.40. The molecule has 0 atom stereocenters. The maximum absolute atomic E-state index is 13.5. The molecule has 0 bridgehead atoms. The van der Waals surface area contributed by atoms with Gasteiger partial charge in [-0.3, -0.25) is 0 Å². The Hall–Kier alpha value is -1.55. The quantitative estimate of drug-likeness (QED) is 0.824. The highest BCUT2D eigenvalue weighted by Crippen LogP contribution is 2.17. The smallest absolute Gasteiger partial charge is 0.146 e. The van der Waals surface area contributed by atoms with E-state index in [9.17, 15) is 4.39 Å². The second kappa shape index (κ2) is 6.57. The molecule has 0 amide bonds. The molecular weight excluding hydrogens is 309 g/mol. The fourth-order valence-corrected chi connectivity index (χ4v) is 1.92. The van der Waals surface area contributed by atoms with Gasteiger partial charge in [-0.25, -0.2) is 4.39 Å². The van der Waals surface area contributed by atoms with E-state index in [1.807, 2.05) is 31.2 Å². The Morgan fingerprint density at radius 1 is 1.16 bits per heavy atom. The Bertz CT molecular complexity index is 542. The van der Waals surface area contributed by atoms with Crippen molar-refractivity contribution in [3.05, 3.63) is 58.3 Å². The van der Waals surface area contributed by atoms with Gasteiger partial charge in [-0.2, -0.15) is 0 Å². The van der Waals surface area contributed by atoms with Gasteiger partial charge in [0.15, 0.2) is 0 Å². The van der Waals surface area contributed by atoms with E-state index in [4.69, 9.17) is 4.74 Å². The second-order valence-electron chi connectivity index (χ2n) is 4.21. The molecule has 2 aromatic rings. The molecule has 100 valence electrons. The number of rotatable bonds is 5. The maximum Gasteiger partial charge on any atom is 0.146 e. The minimum Gasteiger partial charge on any atom is -0.492 e. The summed E-state index contributed by atoms with van der Waals surface area (Å²) in [4.78, 5) is 0. The third-order valence-electron chi connectivity index (χ3n) is 2.62. The van der Waals surface area contributed by atoms with Gasteiger partial charge in [-0.1, -0.05) is 22.0 Å². The van der Waals surface area contributed by atoms with Crippen LogP contribution >= 0.6 is 15.9 Å². The lowest BCUT2D eigenvalue weighted by molar-refractivity contribution is 0.332. The largest absolute Gasteiger partial charge is 0.492 e. The van der Waals surface area contributed by atoms with E-state index < -0.39 is 0 Å². The predicted octanol–water partition coefficient (Wildman–Crippen LogP) is 4.39. The van der Waals surface area contributed by atoms with E-state index in [-0.39, 0.29) is 5.82 Å². The molecule has 0 aliphatic carbocycles. The molecule has 0 radical (unpaired) electrons. The zero-order chi connectivity index (χ0) is 13.7. The van der Waals surface area contributed by atoms with Gasteiger partial charge in [0.25, 0.3) is 0 Å². The van der Waals surface area contributed by atoms with E-state index >= 15 is 0 Å². The van der Waals surface area contributed by atoms with Crippen molar-refractivity contribution >= 4 is 21.6 Å². The first-order valence-electron chi connectivity index (χ1n) is 6.03. The molecule has 2 aromatic carbocycles. The number of nitrogens with one attached hydrogen (secondary N) is 1. The molecule has 0 aromatic heterocycles. The van der Waals surface area contributed by atoms with Crippen LogP contribution in [0.15, 0.2) is 46.9 Å². The van der Waals surface area contributed by atoms with Gasteiger partial charge in [0, 0.05) is 11.0 Å². The van der Waals surface area contributed by atoms with Crippen LogP contribution in [0.1, 0.15) is 5.56 Å². The van der Waals surface area contributed by atoms with E-state index in [2.05, 4.69) is 21.2 Å². The molecule has 2 rings (SSSR count). The van der Waals surface area contributed by atoms with Crippen molar-refractivity contribution in [2.24, 2.45) is 0 Å². The van der Waals surface area contributed by atoms with Crippen LogP contribution in [0, 0.1) is 12.7 Å². The van der Waals surface area contributed by atoms with Crippen molar-refractivity contribution in [1.29, 1.82) is 0 Å². The second-order valence-corrected chi connectivity index (χ2v) is 5.13. The Labute approximate surface area is 120 Å². The van der Waals surface area contributed by atoms with Crippen LogP contribution in [0.3, 0.4) is 0 Å². The minimum absolute atomic E-state index is 0.241. The molecule has 1 N–H and O–H groups in total. The molecule has 0 aliphatic heterocycles. The van der Waals surface area contributed by atoms with Gasteiger partial charge in [0.2, 0.25) is 0 Å². The number of benzene rings is 2. The van der Waals surface area contributed by atoms with Crippen molar-refractivity contribution < 1.29 is 9.13 Å². The Balaban J connectivity index is 1.80. The van der Waals surface area contributed by atoms with Crippen molar-refractivity contribution in [3.63, 3.8) is 0 Å². The van der Waals surface area contributed by atoms with Crippen LogP contribution in [0.2, 0.25) is 0 Å². The maximum atomic E-state index is 13.5. The zero-order valence-electron chi connectivity index (χ0n) is 10.6. The number of anilines is 1. The van der Waals surface area contributed by atoms with Crippen molar-refractivity contribution in [2.45, 2.75) is 6.92 Å². The number of halogens is 2. The lowest BCUT2D eigenvalue weighted by Crippen LogP contribution is -2.12. The van der Waals surface area contributed by atoms with Crippen LogP contribution in [0.25, 0.3) is 0 Å². The summed E-state index contributed by atoms with van der Waals surface area (Å²) < 4.78 is 20.0. The molecule has 0 saturated carbocycles. The summed E-state index contributed by atoms with van der Waals surface area (Å²) in [6, 6.07) is 12.6. The van der Waals surface area contributed by atoms with E-state index in [0.29, 0.717) is 18.8 Å². The van der Waals surface area contributed by atoms with E-state index in [1.165, 1.54) is 6.07 Å².